The Kier molecular flexibility index (Phi) is 6.37. The maximum atomic E-state index is 12.3. The molecule has 0 spiro atoms. The SMILES string of the molecule is CCNCc1ccc(S(=O)(=O)NCC2CCCS2)cc1Cl. The van der Waals surface area contributed by atoms with Gasteiger partial charge in [-0.2, -0.15) is 11.8 Å². The Balaban J connectivity index is 2.03. The van der Waals surface area contributed by atoms with Gasteiger partial charge in [0.1, 0.15) is 0 Å². The Hall–Kier alpha value is -0.270. The van der Waals surface area contributed by atoms with Crippen LogP contribution < -0.4 is 10.0 Å². The zero-order valence-electron chi connectivity index (χ0n) is 12.1. The normalized spacial score (nSPS) is 19.0. The molecule has 1 saturated heterocycles. The van der Waals surface area contributed by atoms with Gasteiger partial charge >= 0.3 is 0 Å². The average Bonchev–Trinajstić information content (AvgIpc) is 2.97. The molecule has 1 aromatic carbocycles. The fourth-order valence-corrected chi connectivity index (χ4v) is 4.92. The van der Waals surface area contributed by atoms with Crippen LogP contribution >= 0.6 is 23.4 Å². The molecule has 0 aliphatic carbocycles. The molecule has 7 heteroatoms. The van der Waals surface area contributed by atoms with Gasteiger partial charge in [-0.3, -0.25) is 0 Å². The number of rotatable bonds is 7. The Bertz CT molecular complexity index is 572. The number of thioether (sulfide) groups is 1. The van der Waals surface area contributed by atoms with Crippen LogP contribution in [-0.4, -0.2) is 32.5 Å². The van der Waals surface area contributed by atoms with Crippen LogP contribution in [0.5, 0.6) is 0 Å². The van der Waals surface area contributed by atoms with E-state index >= 15 is 0 Å². The van der Waals surface area contributed by atoms with E-state index in [4.69, 9.17) is 11.6 Å². The van der Waals surface area contributed by atoms with Crippen molar-refractivity contribution >= 4 is 33.4 Å². The second kappa shape index (κ2) is 7.83. The standard InChI is InChI=1S/C14H21ClN2O2S2/c1-2-16-9-11-5-6-13(8-14(11)15)21(18,19)17-10-12-4-3-7-20-12/h5-6,8,12,16-17H,2-4,7,9-10H2,1H3. The molecule has 1 fully saturated rings. The molecule has 0 radical (unpaired) electrons. The van der Waals surface area contributed by atoms with E-state index in [2.05, 4.69) is 10.0 Å². The van der Waals surface area contributed by atoms with Gasteiger partial charge in [-0.05, 0) is 42.8 Å². The third kappa shape index (κ3) is 4.86. The molecule has 0 amide bonds. The van der Waals surface area contributed by atoms with Crippen molar-refractivity contribution in [2.24, 2.45) is 0 Å². The number of halogens is 1. The zero-order valence-corrected chi connectivity index (χ0v) is 14.5. The van der Waals surface area contributed by atoms with Crippen LogP contribution in [0.4, 0.5) is 0 Å². The molecule has 1 aliphatic rings. The Labute approximate surface area is 136 Å². The quantitative estimate of drug-likeness (QED) is 0.795. The van der Waals surface area contributed by atoms with Gasteiger partial charge in [0, 0.05) is 23.4 Å². The molecule has 4 nitrogen and oxygen atoms in total. The highest BCUT2D eigenvalue weighted by Crippen LogP contribution is 2.26. The molecule has 21 heavy (non-hydrogen) atoms. The number of sulfonamides is 1. The third-order valence-corrected chi connectivity index (χ3v) is 6.60. The summed E-state index contributed by atoms with van der Waals surface area (Å²) in [6.45, 7) is 3.99. The van der Waals surface area contributed by atoms with Crippen molar-refractivity contribution < 1.29 is 8.42 Å². The molecule has 1 atom stereocenters. The number of hydrogen-bond donors (Lipinski definition) is 2. The van der Waals surface area contributed by atoms with Gasteiger partial charge in [-0.25, -0.2) is 13.1 Å². The van der Waals surface area contributed by atoms with Gasteiger partial charge in [0.25, 0.3) is 0 Å². The van der Waals surface area contributed by atoms with Crippen LogP contribution in [0, 0.1) is 0 Å². The fourth-order valence-electron chi connectivity index (χ4n) is 2.19. The summed E-state index contributed by atoms with van der Waals surface area (Å²) < 4.78 is 27.2. The van der Waals surface area contributed by atoms with Crippen LogP contribution in [0.15, 0.2) is 23.1 Å². The lowest BCUT2D eigenvalue weighted by molar-refractivity contribution is 0.579. The molecule has 1 aromatic rings. The Morgan fingerprint density at radius 1 is 1.43 bits per heavy atom. The van der Waals surface area contributed by atoms with Crippen LogP contribution in [0.3, 0.4) is 0 Å². The van der Waals surface area contributed by atoms with E-state index in [1.165, 1.54) is 12.5 Å². The fraction of sp³-hybridized carbons (Fsp3) is 0.571. The molecule has 0 saturated carbocycles. The van der Waals surface area contributed by atoms with Gasteiger partial charge in [0.2, 0.25) is 10.0 Å². The summed E-state index contributed by atoms with van der Waals surface area (Å²) in [5, 5.41) is 4.05. The zero-order chi connectivity index (χ0) is 15.3. The third-order valence-electron chi connectivity index (χ3n) is 3.43. The van der Waals surface area contributed by atoms with Crippen molar-refractivity contribution in [1.82, 2.24) is 10.0 Å². The van der Waals surface area contributed by atoms with Crippen molar-refractivity contribution in [1.29, 1.82) is 0 Å². The molecule has 118 valence electrons. The largest absolute Gasteiger partial charge is 0.313 e. The molecule has 1 unspecified atom stereocenters. The summed E-state index contributed by atoms with van der Waals surface area (Å²) in [6.07, 6.45) is 2.25. The minimum absolute atomic E-state index is 0.232. The molecule has 2 N–H and O–H groups in total. The number of benzene rings is 1. The van der Waals surface area contributed by atoms with E-state index in [0.717, 1.165) is 24.3 Å². The first-order valence-electron chi connectivity index (χ1n) is 7.13. The highest BCUT2D eigenvalue weighted by Gasteiger charge is 2.20. The van der Waals surface area contributed by atoms with E-state index in [0.29, 0.717) is 23.4 Å². The number of nitrogens with one attached hydrogen (secondary N) is 2. The van der Waals surface area contributed by atoms with Crippen molar-refractivity contribution in [3.63, 3.8) is 0 Å². The van der Waals surface area contributed by atoms with Gasteiger partial charge in [0.05, 0.1) is 4.90 Å². The minimum Gasteiger partial charge on any atom is -0.313 e. The second-order valence-corrected chi connectivity index (χ2v) is 8.60. The predicted octanol–water partition coefficient (Wildman–Crippen LogP) is 2.62. The number of hydrogen-bond acceptors (Lipinski definition) is 4. The van der Waals surface area contributed by atoms with Crippen LogP contribution in [0.2, 0.25) is 5.02 Å². The molecule has 0 aromatic heterocycles. The van der Waals surface area contributed by atoms with Crippen LogP contribution in [0.1, 0.15) is 25.3 Å². The highest BCUT2D eigenvalue weighted by atomic mass is 35.5. The van der Waals surface area contributed by atoms with Gasteiger partial charge in [-0.15, -0.1) is 0 Å². The lowest BCUT2D eigenvalue weighted by Crippen LogP contribution is -2.29. The molecule has 2 rings (SSSR count). The predicted molar refractivity (Wildman–Crippen MR) is 89.5 cm³/mol. The lowest BCUT2D eigenvalue weighted by atomic mass is 10.2. The maximum Gasteiger partial charge on any atom is 0.240 e. The van der Waals surface area contributed by atoms with Crippen molar-refractivity contribution in [3.05, 3.63) is 28.8 Å². The smallest absolute Gasteiger partial charge is 0.240 e. The van der Waals surface area contributed by atoms with E-state index in [-0.39, 0.29) is 4.90 Å². The molecule has 1 heterocycles. The van der Waals surface area contributed by atoms with Gasteiger partial charge < -0.3 is 5.32 Å². The van der Waals surface area contributed by atoms with E-state index in [1.807, 2.05) is 18.7 Å². The first-order chi connectivity index (χ1) is 10.0. The summed E-state index contributed by atoms with van der Waals surface area (Å²) in [5.74, 6) is 1.12. The molecule has 0 bridgehead atoms. The topological polar surface area (TPSA) is 58.2 Å². The average molecular weight is 349 g/mol. The van der Waals surface area contributed by atoms with E-state index < -0.39 is 10.0 Å². The molecular weight excluding hydrogens is 328 g/mol. The molecular formula is C14H21ClN2O2S2. The second-order valence-electron chi connectivity index (χ2n) is 5.02. The van der Waals surface area contributed by atoms with Gasteiger partial charge in [0.15, 0.2) is 0 Å². The summed E-state index contributed by atoms with van der Waals surface area (Å²) >= 11 is 7.99. The van der Waals surface area contributed by atoms with E-state index in [1.54, 1.807) is 12.1 Å². The summed E-state index contributed by atoms with van der Waals surface area (Å²) in [5.41, 5.74) is 0.906. The van der Waals surface area contributed by atoms with E-state index in [9.17, 15) is 8.42 Å². The molecule has 1 aliphatic heterocycles. The Morgan fingerprint density at radius 2 is 2.24 bits per heavy atom. The summed E-state index contributed by atoms with van der Waals surface area (Å²) in [6, 6.07) is 4.91. The van der Waals surface area contributed by atoms with Gasteiger partial charge in [-0.1, -0.05) is 24.6 Å². The van der Waals surface area contributed by atoms with Crippen LogP contribution in [-0.2, 0) is 16.6 Å². The van der Waals surface area contributed by atoms with Crippen LogP contribution in [0.25, 0.3) is 0 Å². The first-order valence-corrected chi connectivity index (χ1v) is 10.0. The summed E-state index contributed by atoms with van der Waals surface area (Å²) in [7, 11) is -3.48. The highest BCUT2D eigenvalue weighted by molar-refractivity contribution is 8.00. The van der Waals surface area contributed by atoms with Crippen molar-refractivity contribution in [3.8, 4) is 0 Å². The lowest BCUT2D eigenvalue weighted by Gasteiger charge is -2.12. The Morgan fingerprint density at radius 3 is 2.86 bits per heavy atom. The monoisotopic (exact) mass is 348 g/mol. The minimum atomic E-state index is -3.48. The maximum absolute atomic E-state index is 12.3. The van der Waals surface area contributed by atoms with Crippen molar-refractivity contribution in [2.75, 3.05) is 18.8 Å². The summed E-state index contributed by atoms with van der Waals surface area (Å²) in [4.78, 5) is 0.232. The van der Waals surface area contributed by atoms with Crippen molar-refractivity contribution in [2.45, 2.75) is 36.5 Å². The first kappa shape index (κ1) is 17.1.